The fourth-order valence-corrected chi connectivity index (χ4v) is 11.2. The van der Waals surface area contributed by atoms with Gasteiger partial charge in [0.2, 0.25) is 18.5 Å². The number of nitrogens with zero attached hydrogens (tertiary/aromatic N) is 1. The van der Waals surface area contributed by atoms with Gasteiger partial charge >= 0.3 is 20.5 Å². The molecule has 0 spiro atoms. The van der Waals surface area contributed by atoms with E-state index in [1.54, 1.807) is 73.4 Å². The number of amides is 2. The Morgan fingerprint density at radius 1 is 0.674 bits per heavy atom. The standard InChI is InChI=1S/C22H39NO11Si.C20H35NO11.2C6H15N.C2H6Cl2Si/c1-9(2)17-15(26)16(27)19-20(32-17)21(28)34-35(6,7)29-8-12-14(25)18(30-10(3)4)13(23-11(5)24)22(31-12)33-19;1-7(2)15-13(25)14(26)17(18(31-15)19(27)28)32-20-11(21-9(5)23)16(29-8(3)4)12(24)10(6-22)30-20;2*1-4-7(5-2)6-3;1-5(2,3)4/h9-10,12-20,22,25-27H,8H2,1-7H3,(H,23,24);7-8,10-18,20,22,24-26H,6H2,1-5H3,(H,21,23)(H,27,28);2*4-6H2,1-3H3;1-2H3/p+1. The molecule has 20 atom stereocenters. The van der Waals surface area contributed by atoms with Gasteiger partial charge in [-0.15, -0.1) is 22.2 Å². The molecule has 5 fully saturated rings. The van der Waals surface area contributed by atoms with Gasteiger partial charge in [-0.05, 0) is 106 Å². The number of carbonyl (C=O) groups is 4. The molecule has 5 heterocycles. The molecule has 20 unspecified atom stereocenters. The van der Waals surface area contributed by atoms with Crippen LogP contribution in [0, 0.1) is 11.8 Å². The fourth-order valence-electron chi connectivity index (χ4n) is 10.0. The number of hydrogen-bond donors (Lipinski definition) is 11. The predicted octanol–water partition coefficient (Wildman–Crippen LogP) is 0.599. The lowest BCUT2D eigenvalue weighted by Gasteiger charge is -2.48. The number of fused-ring (bicyclic) bond motifs is 3. The zero-order chi connectivity index (χ0) is 66.5. The zero-order valence-electron chi connectivity index (χ0n) is 54.5. The van der Waals surface area contributed by atoms with Crippen LogP contribution in [-0.4, -0.2) is 272 Å². The molecular weight excluding hydrogens is 1210 g/mol. The number of nitrogens with one attached hydrogen (secondary N) is 3. The van der Waals surface area contributed by atoms with E-state index >= 15 is 0 Å². The van der Waals surface area contributed by atoms with E-state index < -0.39 is 168 Å². The van der Waals surface area contributed by atoms with Crippen LogP contribution >= 0.6 is 22.2 Å². The summed E-state index contributed by atoms with van der Waals surface area (Å²) in [4.78, 5) is 53.0. The first-order valence-electron chi connectivity index (χ1n) is 30.3. The second kappa shape index (κ2) is 38.9. The number of aliphatic carboxylic acids is 1. The van der Waals surface area contributed by atoms with Crippen LogP contribution in [0.3, 0.4) is 0 Å². The first-order chi connectivity index (χ1) is 39.8. The molecule has 0 aromatic heterocycles. The average molecular weight is 1320 g/mol. The summed E-state index contributed by atoms with van der Waals surface area (Å²) in [5.41, 5.74) is 0. The van der Waals surface area contributed by atoms with E-state index in [9.17, 15) is 60.0 Å². The van der Waals surface area contributed by atoms with E-state index in [1.807, 2.05) is 13.1 Å². The molecule has 26 nitrogen and oxygen atoms in total. The lowest BCUT2D eigenvalue weighted by Crippen LogP contribution is -3.11. The average Bonchev–Trinajstić information content (AvgIpc) is 1.26. The SMILES string of the molecule is CC(=O)NC1C(OC2C(C(=O)O)OC(C(C)C)C(O)C2O)OC(CO)C(O)C1OC(C)C.CC(=O)NC1C2OC(CO[Si](C)(C)OC(=O)C3OC(C(C)C)C(O)C(O)C3O2)C(O)C1OC(C)C.CCN(CC)CC.CC[NH+](CC)CC.C[Si](C)(Cl)Cl. The number of carboxylic acid groups (broad SMARTS) is 1. The van der Waals surface area contributed by atoms with E-state index in [2.05, 4.69) is 57.1 Å². The molecule has 5 saturated heterocycles. The molecule has 508 valence electrons. The Morgan fingerprint density at radius 2 is 1.13 bits per heavy atom. The van der Waals surface area contributed by atoms with Gasteiger partial charge in [0, 0.05) is 13.8 Å². The normalized spacial score (nSPS) is 34.6. The molecule has 5 aliphatic rings. The molecule has 2 amide bonds. The third-order valence-electron chi connectivity index (χ3n) is 14.5. The highest BCUT2D eigenvalue weighted by atomic mass is 35.7. The van der Waals surface area contributed by atoms with Crippen molar-refractivity contribution in [1.29, 1.82) is 0 Å². The third kappa shape index (κ3) is 26.4. The number of aliphatic hydroxyl groups is 7. The van der Waals surface area contributed by atoms with Crippen molar-refractivity contribution < 1.29 is 112 Å². The Kier molecular flexibility index (Phi) is 37.2. The van der Waals surface area contributed by atoms with Crippen LogP contribution in [0.4, 0.5) is 0 Å². The fraction of sp³-hybridized carbons (Fsp3) is 0.929. The Bertz CT molecular complexity index is 1940. The largest absolute Gasteiger partial charge is 0.492 e. The number of rotatable bonds is 18. The maximum Gasteiger partial charge on any atom is 0.395 e. The number of carboxylic acids is 1. The first-order valence-corrected chi connectivity index (χ1v) is 38.1. The molecular formula is C56H111Cl2N4O22Si2+. The molecule has 0 radical (unpaired) electrons. The van der Waals surface area contributed by atoms with Crippen molar-refractivity contribution in [3.05, 3.63) is 0 Å². The summed E-state index contributed by atoms with van der Waals surface area (Å²) in [5, 5.41) is 89.1. The van der Waals surface area contributed by atoms with E-state index in [0.29, 0.717) is 0 Å². The number of aliphatic hydroxyl groups excluding tert-OH is 7. The van der Waals surface area contributed by atoms with Gasteiger partial charge in [-0.3, -0.25) is 14.4 Å². The van der Waals surface area contributed by atoms with Gasteiger partial charge in [0.05, 0.1) is 57.3 Å². The lowest BCUT2D eigenvalue weighted by molar-refractivity contribution is -0.894. The van der Waals surface area contributed by atoms with Crippen LogP contribution in [0.2, 0.25) is 26.2 Å². The summed E-state index contributed by atoms with van der Waals surface area (Å²) >= 11 is 10.9. The molecule has 0 aromatic rings. The molecule has 5 aliphatic heterocycles. The van der Waals surface area contributed by atoms with Crippen molar-refractivity contribution in [2.75, 3.05) is 52.5 Å². The number of carbonyl (C=O) groups excluding carboxylic acids is 3. The molecule has 5 rings (SSSR count). The van der Waals surface area contributed by atoms with Crippen LogP contribution in [0.15, 0.2) is 0 Å². The van der Waals surface area contributed by atoms with Crippen LogP contribution in [0.5, 0.6) is 0 Å². The summed E-state index contributed by atoms with van der Waals surface area (Å²) < 4.78 is 58.1. The number of ether oxygens (including phenoxy) is 8. The van der Waals surface area contributed by atoms with Crippen molar-refractivity contribution in [3.63, 3.8) is 0 Å². The minimum absolute atomic E-state index is 0.131. The van der Waals surface area contributed by atoms with Gasteiger partial charge < -0.3 is 108 Å². The van der Waals surface area contributed by atoms with Crippen LogP contribution in [0.1, 0.15) is 111 Å². The number of halogens is 2. The second-order valence-electron chi connectivity index (χ2n) is 23.9. The van der Waals surface area contributed by atoms with Crippen molar-refractivity contribution in [1.82, 2.24) is 15.5 Å². The van der Waals surface area contributed by atoms with E-state index in [-0.39, 0.29) is 30.7 Å². The van der Waals surface area contributed by atoms with Crippen molar-refractivity contribution >= 4 is 61.2 Å². The summed E-state index contributed by atoms with van der Waals surface area (Å²) in [6, 6.07) is -2.12. The monoisotopic (exact) mass is 1320 g/mol. The maximum absolute atomic E-state index is 13.2. The zero-order valence-corrected chi connectivity index (χ0v) is 58.0. The minimum atomic E-state index is -3.09. The Balaban J connectivity index is 0.000000661. The lowest BCUT2D eigenvalue weighted by atomic mass is 9.89. The smallest absolute Gasteiger partial charge is 0.395 e. The number of quaternary nitrogens is 1. The highest BCUT2D eigenvalue weighted by Gasteiger charge is 2.57. The van der Waals surface area contributed by atoms with Crippen LogP contribution in [0.25, 0.3) is 0 Å². The highest BCUT2D eigenvalue weighted by molar-refractivity contribution is 7.44. The predicted molar refractivity (Wildman–Crippen MR) is 325 cm³/mol. The summed E-state index contributed by atoms with van der Waals surface area (Å²) in [5.74, 6) is -3.68. The Hall–Kier alpha value is -1.83. The van der Waals surface area contributed by atoms with Gasteiger partial charge in [-0.1, -0.05) is 48.5 Å². The summed E-state index contributed by atoms with van der Waals surface area (Å²) in [7, 11) is -3.09. The minimum Gasteiger partial charge on any atom is -0.492 e. The Labute approximate surface area is 522 Å². The van der Waals surface area contributed by atoms with Crippen molar-refractivity contribution in [2.24, 2.45) is 11.8 Å². The van der Waals surface area contributed by atoms with Gasteiger partial charge in [0.15, 0.2) is 24.8 Å². The molecule has 0 aliphatic carbocycles. The van der Waals surface area contributed by atoms with Crippen LogP contribution < -0.4 is 15.5 Å². The van der Waals surface area contributed by atoms with Gasteiger partial charge in [-0.25, -0.2) is 4.79 Å². The maximum atomic E-state index is 13.2. The molecule has 2 bridgehead atoms. The molecule has 0 saturated carbocycles. The van der Waals surface area contributed by atoms with E-state index in [0.717, 1.165) is 0 Å². The quantitative estimate of drug-likeness (QED) is 0.0661. The van der Waals surface area contributed by atoms with Crippen molar-refractivity contribution in [2.45, 2.75) is 272 Å². The highest BCUT2D eigenvalue weighted by Crippen LogP contribution is 2.36. The van der Waals surface area contributed by atoms with Crippen LogP contribution in [-0.2, 0) is 65.9 Å². The van der Waals surface area contributed by atoms with E-state index in [1.165, 1.54) is 53.1 Å². The summed E-state index contributed by atoms with van der Waals surface area (Å²) in [6.07, 6.45) is -23.9. The molecule has 0 aromatic carbocycles. The van der Waals surface area contributed by atoms with Gasteiger partial charge in [0.1, 0.15) is 85.3 Å². The van der Waals surface area contributed by atoms with Crippen molar-refractivity contribution in [3.8, 4) is 0 Å². The Morgan fingerprint density at radius 3 is 1.52 bits per heavy atom. The van der Waals surface area contributed by atoms with E-state index in [4.69, 9.17) is 68.9 Å². The third-order valence-corrected chi connectivity index (χ3v) is 16.1. The topological polar surface area (TPSA) is 354 Å². The van der Waals surface area contributed by atoms with Gasteiger partial charge in [0.25, 0.3) is 0 Å². The molecule has 86 heavy (non-hydrogen) atoms. The number of hydrogen-bond acceptors (Lipinski definition) is 22. The summed E-state index contributed by atoms with van der Waals surface area (Å²) in [6.45, 7) is 41.7. The second-order valence-corrected chi connectivity index (χ2v) is 36.1. The van der Waals surface area contributed by atoms with Gasteiger partial charge in [-0.2, -0.15) is 0 Å². The molecule has 30 heteroatoms. The first kappa shape index (κ1) is 82.2. The molecule has 11 N–H and O–H groups in total.